The molecule has 0 aliphatic heterocycles. The van der Waals surface area contributed by atoms with Crippen LogP contribution in [0.4, 0.5) is 0 Å². The van der Waals surface area contributed by atoms with E-state index in [4.69, 9.17) is 15.2 Å². The Kier molecular flexibility index (Phi) is 7.94. The lowest BCUT2D eigenvalue weighted by atomic mass is 10.2. The Balaban J connectivity index is 2.50. The highest BCUT2D eigenvalue weighted by Gasteiger charge is 2.08. The second-order valence-electron chi connectivity index (χ2n) is 4.69. The Labute approximate surface area is 120 Å². The first-order chi connectivity index (χ1) is 9.19. The molecule has 0 bridgehead atoms. The fourth-order valence-corrected chi connectivity index (χ4v) is 2.55. The minimum atomic E-state index is 0.505. The van der Waals surface area contributed by atoms with Gasteiger partial charge in [-0.2, -0.15) is 0 Å². The molecule has 0 radical (unpaired) electrons. The topological polar surface area (TPSA) is 44.5 Å². The van der Waals surface area contributed by atoms with Crippen molar-refractivity contribution in [1.29, 1.82) is 0 Å². The summed E-state index contributed by atoms with van der Waals surface area (Å²) in [6, 6.07) is 6.09. The third-order valence-corrected chi connectivity index (χ3v) is 3.51. The van der Waals surface area contributed by atoms with Gasteiger partial charge >= 0.3 is 0 Å². The molecule has 0 fully saturated rings. The van der Waals surface area contributed by atoms with E-state index in [0.717, 1.165) is 23.7 Å². The van der Waals surface area contributed by atoms with Crippen LogP contribution < -0.4 is 10.5 Å². The Morgan fingerprint density at radius 1 is 1.26 bits per heavy atom. The van der Waals surface area contributed by atoms with E-state index in [-0.39, 0.29) is 0 Å². The highest BCUT2D eigenvalue weighted by Crippen LogP contribution is 2.29. The van der Waals surface area contributed by atoms with Gasteiger partial charge in [-0.3, -0.25) is 0 Å². The van der Waals surface area contributed by atoms with E-state index in [1.54, 1.807) is 11.8 Å². The normalized spacial score (nSPS) is 11.0. The summed E-state index contributed by atoms with van der Waals surface area (Å²) in [6.07, 6.45) is 0. The summed E-state index contributed by atoms with van der Waals surface area (Å²) >= 11 is 1.80. The number of benzene rings is 1. The van der Waals surface area contributed by atoms with E-state index in [0.29, 0.717) is 25.7 Å². The number of rotatable bonds is 9. The highest BCUT2D eigenvalue weighted by atomic mass is 32.2. The zero-order chi connectivity index (χ0) is 14.1. The Hall–Kier alpha value is -0.710. The van der Waals surface area contributed by atoms with E-state index in [2.05, 4.69) is 26.8 Å². The van der Waals surface area contributed by atoms with Crippen LogP contribution in [0, 0.1) is 5.92 Å². The zero-order valence-electron chi connectivity index (χ0n) is 12.1. The maximum atomic E-state index is 5.83. The Morgan fingerprint density at radius 2 is 2.05 bits per heavy atom. The predicted octanol–water partition coefficient (Wildman–Crippen LogP) is 3.31. The molecule has 0 atom stereocenters. The molecular weight excluding hydrogens is 258 g/mol. The molecule has 0 unspecified atom stereocenters. The molecule has 0 spiro atoms. The summed E-state index contributed by atoms with van der Waals surface area (Å²) in [4.78, 5) is 1.21. The lowest BCUT2D eigenvalue weighted by Gasteiger charge is -2.14. The number of thioether (sulfide) groups is 1. The first-order valence-corrected chi connectivity index (χ1v) is 7.82. The van der Waals surface area contributed by atoms with Gasteiger partial charge in [-0.05, 0) is 23.8 Å². The van der Waals surface area contributed by atoms with Crippen molar-refractivity contribution in [2.24, 2.45) is 11.7 Å². The van der Waals surface area contributed by atoms with Crippen LogP contribution in [0.3, 0.4) is 0 Å². The molecule has 1 aromatic carbocycles. The van der Waals surface area contributed by atoms with Crippen molar-refractivity contribution < 1.29 is 9.47 Å². The second-order valence-corrected chi connectivity index (χ2v) is 5.99. The van der Waals surface area contributed by atoms with Crippen molar-refractivity contribution in [3.05, 3.63) is 23.8 Å². The maximum Gasteiger partial charge on any atom is 0.125 e. The van der Waals surface area contributed by atoms with Gasteiger partial charge in [0, 0.05) is 23.6 Å². The first-order valence-electron chi connectivity index (χ1n) is 6.84. The van der Waals surface area contributed by atoms with E-state index in [9.17, 15) is 0 Å². The Bertz CT molecular complexity index is 369. The van der Waals surface area contributed by atoms with Gasteiger partial charge in [0.15, 0.2) is 0 Å². The number of hydrogen-bond acceptors (Lipinski definition) is 4. The monoisotopic (exact) mass is 283 g/mol. The molecule has 2 N–H and O–H groups in total. The average molecular weight is 283 g/mol. The van der Waals surface area contributed by atoms with Crippen LogP contribution in [-0.4, -0.2) is 25.6 Å². The predicted molar refractivity (Wildman–Crippen MR) is 81.9 cm³/mol. The van der Waals surface area contributed by atoms with Gasteiger partial charge in [0.05, 0.1) is 6.61 Å². The minimum absolute atomic E-state index is 0.505. The lowest BCUT2D eigenvalue weighted by molar-refractivity contribution is 0.0815. The fourth-order valence-electron chi connectivity index (χ4n) is 1.70. The van der Waals surface area contributed by atoms with Gasteiger partial charge in [-0.25, -0.2) is 0 Å². The Morgan fingerprint density at radius 3 is 2.68 bits per heavy atom. The fraction of sp³-hybridized carbons (Fsp3) is 0.600. The molecule has 0 heterocycles. The van der Waals surface area contributed by atoms with Gasteiger partial charge in [0.25, 0.3) is 0 Å². The molecule has 108 valence electrons. The quantitative estimate of drug-likeness (QED) is 0.558. The number of nitrogens with two attached hydrogens (primary N) is 1. The van der Waals surface area contributed by atoms with Crippen molar-refractivity contribution >= 4 is 11.8 Å². The number of ether oxygens (including phenoxy) is 2. The molecule has 0 aromatic heterocycles. The largest absolute Gasteiger partial charge is 0.491 e. The summed E-state index contributed by atoms with van der Waals surface area (Å²) in [5.74, 6) is 2.48. The molecule has 4 heteroatoms. The van der Waals surface area contributed by atoms with Crippen molar-refractivity contribution in [3.8, 4) is 5.75 Å². The summed E-state index contributed by atoms with van der Waals surface area (Å²) in [7, 11) is 0. The molecule has 0 aliphatic carbocycles. The summed E-state index contributed by atoms with van der Waals surface area (Å²) in [5.41, 5.74) is 6.92. The minimum Gasteiger partial charge on any atom is -0.491 e. The smallest absolute Gasteiger partial charge is 0.125 e. The van der Waals surface area contributed by atoms with Crippen LogP contribution in [-0.2, 0) is 11.3 Å². The van der Waals surface area contributed by atoms with Crippen LogP contribution >= 0.6 is 11.8 Å². The van der Waals surface area contributed by atoms with Crippen molar-refractivity contribution in [3.63, 3.8) is 0 Å². The molecule has 3 nitrogen and oxygen atoms in total. The molecule has 1 rings (SSSR count). The van der Waals surface area contributed by atoms with Gasteiger partial charge in [0.2, 0.25) is 0 Å². The maximum absolute atomic E-state index is 5.83. The first kappa shape index (κ1) is 16.3. The van der Waals surface area contributed by atoms with Crippen LogP contribution in [0.5, 0.6) is 5.75 Å². The molecule has 19 heavy (non-hydrogen) atoms. The van der Waals surface area contributed by atoms with Crippen LogP contribution in [0.2, 0.25) is 0 Å². The molecule has 0 saturated heterocycles. The van der Waals surface area contributed by atoms with Crippen molar-refractivity contribution in [2.75, 3.05) is 25.6 Å². The van der Waals surface area contributed by atoms with Crippen molar-refractivity contribution in [2.45, 2.75) is 32.2 Å². The van der Waals surface area contributed by atoms with Gasteiger partial charge in [-0.1, -0.05) is 26.8 Å². The van der Waals surface area contributed by atoms with E-state index in [1.807, 2.05) is 12.1 Å². The SMILES string of the molecule is CCSc1cccc(OCCOCC(C)C)c1CN. The molecule has 0 amide bonds. The third kappa shape index (κ3) is 5.85. The third-order valence-electron chi connectivity index (χ3n) is 2.53. The van der Waals surface area contributed by atoms with Crippen LogP contribution in [0.25, 0.3) is 0 Å². The summed E-state index contributed by atoms with van der Waals surface area (Å²) < 4.78 is 11.3. The van der Waals surface area contributed by atoms with Gasteiger partial charge in [-0.15, -0.1) is 11.8 Å². The molecule has 1 aromatic rings. The zero-order valence-corrected chi connectivity index (χ0v) is 13.0. The second kappa shape index (κ2) is 9.23. The van der Waals surface area contributed by atoms with Crippen LogP contribution in [0.15, 0.2) is 23.1 Å². The molecule has 0 aliphatic rings. The standard InChI is InChI=1S/C15H25NO2S/c1-4-19-15-7-5-6-14(13(15)10-16)18-9-8-17-11-12(2)3/h5-7,12H,4,8-11,16H2,1-3H3. The number of hydrogen-bond donors (Lipinski definition) is 1. The van der Waals surface area contributed by atoms with Crippen molar-refractivity contribution in [1.82, 2.24) is 0 Å². The van der Waals surface area contributed by atoms with Gasteiger partial charge < -0.3 is 15.2 Å². The van der Waals surface area contributed by atoms with Gasteiger partial charge in [0.1, 0.15) is 12.4 Å². The summed E-state index contributed by atoms with van der Waals surface area (Å²) in [6.45, 7) is 8.88. The molecular formula is C15H25NO2S. The summed E-state index contributed by atoms with van der Waals surface area (Å²) in [5, 5.41) is 0. The lowest BCUT2D eigenvalue weighted by Crippen LogP contribution is -2.12. The van der Waals surface area contributed by atoms with E-state index >= 15 is 0 Å². The van der Waals surface area contributed by atoms with E-state index in [1.165, 1.54) is 4.90 Å². The molecule has 0 saturated carbocycles. The average Bonchev–Trinajstić information content (AvgIpc) is 2.38. The highest BCUT2D eigenvalue weighted by molar-refractivity contribution is 7.99. The van der Waals surface area contributed by atoms with E-state index < -0.39 is 0 Å². The van der Waals surface area contributed by atoms with Crippen LogP contribution in [0.1, 0.15) is 26.3 Å².